The van der Waals surface area contributed by atoms with Crippen molar-refractivity contribution in [1.82, 2.24) is 0 Å². The lowest BCUT2D eigenvalue weighted by atomic mass is 9.75. The Bertz CT molecular complexity index is 1130. The van der Waals surface area contributed by atoms with Gasteiger partial charge < -0.3 is 14.9 Å². The zero-order valence-electron chi connectivity index (χ0n) is 19.2. The van der Waals surface area contributed by atoms with Crippen LogP contribution in [0.1, 0.15) is 76.0 Å². The molecule has 0 aliphatic carbocycles. The van der Waals surface area contributed by atoms with E-state index in [1.165, 1.54) is 0 Å². The minimum atomic E-state index is -1.14. The number of phenolic OH excluding ortho intramolecular Hbond substituents is 2. The van der Waals surface area contributed by atoms with Crippen molar-refractivity contribution >= 4 is 5.97 Å². The van der Waals surface area contributed by atoms with Gasteiger partial charge in [-0.1, -0.05) is 44.9 Å². The molecule has 0 unspecified atom stereocenters. The third-order valence-corrected chi connectivity index (χ3v) is 6.42. The number of carbonyl (C=O) groups is 1. The molecule has 1 heterocycles. The van der Waals surface area contributed by atoms with Gasteiger partial charge in [-0.3, -0.25) is 0 Å². The number of aryl methyl sites for hydroxylation is 4. The number of cyclic esters (lactones) is 1. The lowest BCUT2D eigenvalue weighted by molar-refractivity contribution is 0.0247. The summed E-state index contributed by atoms with van der Waals surface area (Å²) in [4.78, 5) is 13.1. The summed E-state index contributed by atoms with van der Waals surface area (Å²) in [7, 11) is 0. The van der Waals surface area contributed by atoms with Crippen molar-refractivity contribution in [2.45, 2.75) is 59.0 Å². The molecule has 4 heteroatoms. The smallest absolute Gasteiger partial charge is 0.340 e. The Morgan fingerprint density at radius 1 is 0.781 bits per heavy atom. The van der Waals surface area contributed by atoms with E-state index >= 15 is 0 Å². The fraction of sp³-hybridized carbons (Fsp3) is 0.321. The van der Waals surface area contributed by atoms with Crippen LogP contribution in [0.15, 0.2) is 48.5 Å². The van der Waals surface area contributed by atoms with Crippen LogP contribution in [0.3, 0.4) is 0 Å². The van der Waals surface area contributed by atoms with Crippen molar-refractivity contribution in [2.24, 2.45) is 0 Å². The summed E-state index contributed by atoms with van der Waals surface area (Å²) in [5, 5.41) is 21.1. The van der Waals surface area contributed by atoms with Gasteiger partial charge in [0.2, 0.25) is 0 Å². The van der Waals surface area contributed by atoms with Crippen molar-refractivity contribution < 1.29 is 19.7 Å². The number of ether oxygens (including phenoxy) is 1. The average Bonchev–Trinajstić information content (AvgIpc) is 3.05. The predicted molar refractivity (Wildman–Crippen MR) is 125 cm³/mol. The van der Waals surface area contributed by atoms with E-state index in [2.05, 4.69) is 13.8 Å². The fourth-order valence-corrected chi connectivity index (χ4v) is 4.94. The molecular formula is C28H30O4. The Kier molecular flexibility index (Phi) is 5.72. The Morgan fingerprint density at radius 3 is 1.78 bits per heavy atom. The van der Waals surface area contributed by atoms with Crippen molar-refractivity contribution in [3.63, 3.8) is 0 Å². The van der Waals surface area contributed by atoms with E-state index in [1.807, 2.05) is 44.2 Å². The zero-order chi connectivity index (χ0) is 23.0. The Balaban J connectivity index is 2.10. The van der Waals surface area contributed by atoms with Gasteiger partial charge in [0, 0.05) is 16.7 Å². The van der Waals surface area contributed by atoms with Gasteiger partial charge in [-0.15, -0.1) is 0 Å². The molecule has 1 aliphatic rings. The number of hydrogen-bond donors (Lipinski definition) is 2. The maximum absolute atomic E-state index is 13.1. The number of benzene rings is 3. The zero-order valence-corrected chi connectivity index (χ0v) is 19.2. The molecule has 0 spiro atoms. The molecule has 0 fully saturated rings. The summed E-state index contributed by atoms with van der Waals surface area (Å²) in [5.74, 6) is 0.152. The average molecular weight is 431 g/mol. The molecule has 4 rings (SSSR count). The lowest BCUT2D eigenvalue weighted by Crippen LogP contribution is -2.32. The number of rotatable bonds is 6. The Hall–Kier alpha value is -3.27. The number of aromatic hydroxyl groups is 2. The number of esters is 1. The second-order valence-electron chi connectivity index (χ2n) is 8.71. The first-order valence-electron chi connectivity index (χ1n) is 11.3. The van der Waals surface area contributed by atoms with Crippen LogP contribution >= 0.6 is 0 Å². The van der Waals surface area contributed by atoms with E-state index in [9.17, 15) is 15.0 Å². The molecule has 4 nitrogen and oxygen atoms in total. The van der Waals surface area contributed by atoms with E-state index in [4.69, 9.17) is 4.74 Å². The van der Waals surface area contributed by atoms with Gasteiger partial charge in [0.25, 0.3) is 0 Å². The van der Waals surface area contributed by atoms with Crippen molar-refractivity contribution in [3.05, 3.63) is 93.0 Å². The molecule has 166 valence electrons. The van der Waals surface area contributed by atoms with Gasteiger partial charge in [0.05, 0.1) is 5.56 Å². The summed E-state index contributed by atoms with van der Waals surface area (Å²) in [6, 6.07) is 15.0. The normalized spacial score (nSPS) is 14.3. The summed E-state index contributed by atoms with van der Waals surface area (Å²) in [5.41, 5.74) is 5.22. The van der Waals surface area contributed by atoms with Crippen LogP contribution in [0.5, 0.6) is 11.5 Å². The third-order valence-electron chi connectivity index (χ3n) is 6.42. The highest BCUT2D eigenvalue weighted by molar-refractivity contribution is 5.96. The summed E-state index contributed by atoms with van der Waals surface area (Å²) >= 11 is 0. The Labute approximate surface area is 189 Å². The Morgan fingerprint density at radius 2 is 1.28 bits per heavy atom. The van der Waals surface area contributed by atoms with Crippen molar-refractivity contribution in [1.29, 1.82) is 0 Å². The van der Waals surface area contributed by atoms with Gasteiger partial charge in [0.1, 0.15) is 11.5 Å². The van der Waals surface area contributed by atoms with Crippen LogP contribution in [0.4, 0.5) is 0 Å². The van der Waals surface area contributed by atoms with E-state index in [0.29, 0.717) is 5.56 Å². The molecule has 0 atom stereocenters. The van der Waals surface area contributed by atoms with Crippen LogP contribution in [0, 0.1) is 13.8 Å². The minimum absolute atomic E-state index is 0.259. The topological polar surface area (TPSA) is 66.8 Å². The molecule has 3 aromatic carbocycles. The second-order valence-corrected chi connectivity index (χ2v) is 8.71. The quantitative estimate of drug-likeness (QED) is 0.465. The SMILES string of the molecule is CCCc1cc(C2(c3cc(CCC)c(O)cc3C)OC(=O)c3ccccc32)c(C)cc1O. The summed E-state index contributed by atoms with van der Waals surface area (Å²) in [6.45, 7) is 8.01. The number of phenols is 2. The first kappa shape index (κ1) is 21.9. The molecule has 0 saturated heterocycles. The van der Waals surface area contributed by atoms with Crippen molar-refractivity contribution in [2.75, 3.05) is 0 Å². The van der Waals surface area contributed by atoms with Crippen LogP contribution in [0.25, 0.3) is 0 Å². The molecule has 0 bridgehead atoms. The summed E-state index contributed by atoms with van der Waals surface area (Å²) < 4.78 is 6.30. The van der Waals surface area contributed by atoms with Gasteiger partial charge in [-0.25, -0.2) is 4.79 Å². The summed E-state index contributed by atoms with van der Waals surface area (Å²) in [6.07, 6.45) is 3.22. The maximum atomic E-state index is 13.1. The molecule has 2 N–H and O–H groups in total. The third kappa shape index (κ3) is 3.35. The van der Waals surface area contributed by atoms with Crippen LogP contribution in [0.2, 0.25) is 0 Å². The highest BCUT2D eigenvalue weighted by Crippen LogP contribution is 2.50. The van der Waals surface area contributed by atoms with Gasteiger partial charge >= 0.3 is 5.97 Å². The van der Waals surface area contributed by atoms with Crippen LogP contribution in [-0.4, -0.2) is 16.2 Å². The van der Waals surface area contributed by atoms with E-state index in [1.54, 1.807) is 18.2 Å². The maximum Gasteiger partial charge on any atom is 0.340 e. The van der Waals surface area contributed by atoms with Crippen LogP contribution in [-0.2, 0) is 23.2 Å². The van der Waals surface area contributed by atoms with Gasteiger partial charge in [0.15, 0.2) is 5.60 Å². The number of carbonyl (C=O) groups excluding carboxylic acids is 1. The minimum Gasteiger partial charge on any atom is -0.508 e. The molecule has 0 saturated carbocycles. The van der Waals surface area contributed by atoms with E-state index < -0.39 is 5.60 Å². The number of hydrogen-bond acceptors (Lipinski definition) is 4. The second kappa shape index (κ2) is 8.34. The molecule has 32 heavy (non-hydrogen) atoms. The fourth-order valence-electron chi connectivity index (χ4n) is 4.94. The number of fused-ring (bicyclic) bond motifs is 1. The van der Waals surface area contributed by atoms with Gasteiger partial charge in [-0.2, -0.15) is 0 Å². The molecule has 1 aliphatic heterocycles. The monoisotopic (exact) mass is 430 g/mol. The van der Waals surface area contributed by atoms with E-state index in [-0.39, 0.29) is 17.5 Å². The molecule has 0 radical (unpaired) electrons. The van der Waals surface area contributed by atoms with E-state index in [0.717, 1.165) is 64.6 Å². The molecular weight excluding hydrogens is 400 g/mol. The highest BCUT2D eigenvalue weighted by atomic mass is 16.6. The molecule has 0 amide bonds. The highest BCUT2D eigenvalue weighted by Gasteiger charge is 2.50. The predicted octanol–water partition coefficient (Wildman–Crippen LogP) is 6.08. The molecule has 0 aromatic heterocycles. The first-order valence-corrected chi connectivity index (χ1v) is 11.3. The van der Waals surface area contributed by atoms with Gasteiger partial charge in [-0.05, 0) is 79.3 Å². The van der Waals surface area contributed by atoms with Crippen LogP contribution < -0.4 is 0 Å². The molecule has 3 aromatic rings. The first-order chi connectivity index (χ1) is 15.3. The standard InChI is InChI=1S/C28H30O4/c1-5-9-19-15-23(17(3)13-25(19)29)28(22-12-8-7-11-21(22)27(31)32-28)24-16-20(10-6-2)26(30)14-18(24)4/h7-8,11-16,29-30H,5-6,9-10H2,1-4H3. The largest absolute Gasteiger partial charge is 0.508 e. The lowest BCUT2D eigenvalue weighted by Gasteiger charge is -2.34. The van der Waals surface area contributed by atoms with Crippen molar-refractivity contribution in [3.8, 4) is 11.5 Å².